The average Bonchev–Trinajstić information content (AvgIpc) is 2.86. The van der Waals surface area contributed by atoms with Crippen LogP contribution < -0.4 is 25.1 Å². The van der Waals surface area contributed by atoms with E-state index in [1.165, 1.54) is 16.4 Å². The number of aryl methyl sites for hydroxylation is 1. The predicted octanol–water partition coefficient (Wildman–Crippen LogP) is 0.684. The number of aromatic nitrogens is 2. The highest BCUT2D eigenvalue weighted by Crippen LogP contribution is 2.32. The number of rotatable bonds is 5. The molecule has 1 aromatic heterocycles. The van der Waals surface area contributed by atoms with Crippen LogP contribution in [0, 0.1) is 0 Å². The molecule has 0 aliphatic carbocycles. The van der Waals surface area contributed by atoms with Crippen LogP contribution in [0.3, 0.4) is 0 Å². The fraction of sp³-hybridized carbons (Fsp3) is 0.357. The first kappa shape index (κ1) is 15.5. The van der Waals surface area contributed by atoms with Crippen molar-refractivity contribution < 1.29 is 23.5 Å². The van der Waals surface area contributed by atoms with E-state index in [1.54, 1.807) is 25.2 Å². The highest BCUT2D eigenvalue weighted by Gasteiger charge is 2.18. The van der Waals surface area contributed by atoms with Crippen molar-refractivity contribution >= 4 is 23.4 Å². The summed E-state index contributed by atoms with van der Waals surface area (Å²) in [6.45, 7) is 1.03. The Hall–Kier alpha value is -2.42. The maximum atomic E-state index is 12.0. The van der Waals surface area contributed by atoms with Crippen molar-refractivity contribution in [1.29, 1.82) is 0 Å². The van der Waals surface area contributed by atoms with Crippen molar-refractivity contribution in [2.24, 2.45) is 7.05 Å². The zero-order valence-electron chi connectivity index (χ0n) is 12.5. The first-order valence-corrected chi connectivity index (χ1v) is 8.02. The topological polar surface area (TPSA) is 97.4 Å². The molecule has 0 unspecified atom stereocenters. The van der Waals surface area contributed by atoms with Gasteiger partial charge >= 0.3 is 10.7 Å². The molecule has 8 nitrogen and oxygen atoms in total. The van der Waals surface area contributed by atoms with Crippen LogP contribution in [0.5, 0.6) is 11.5 Å². The number of hydrogen-bond donors (Lipinski definition) is 2. The van der Waals surface area contributed by atoms with Crippen LogP contribution in [0.2, 0.25) is 0 Å². The zero-order chi connectivity index (χ0) is 16.2. The highest BCUT2D eigenvalue weighted by molar-refractivity contribution is 7.99. The van der Waals surface area contributed by atoms with E-state index in [9.17, 15) is 9.59 Å². The summed E-state index contributed by atoms with van der Waals surface area (Å²) in [5.41, 5.74) is 0.209. The van der Waals surface area contributed by atoms with Gasteiger partial charge in [0.1, 0.15) is 13.2 Å². The fourth-order valence-corrected chi connectivity index (χ4v) is 2.94. The van der Waals surface area contributed by atoms with Crippen LogP contribution in [0.25, 0.3) is 0 Å². The highest BCUT2D eigenvalue weighted by atomic mass is 32.2. The van der Waals surface area contributed by atoms with Gasteiger partial charge in [-0.2, -0.15) is 0 Å². The Morgan fingerprint density at radius 3 is 2.87 bits per heavy atom. The van der Waals surface area contributed by atoms with Crippen molar-refractivity contribution in [2.45, 2.75) is 11.4 Å². The van der Waals surface area contributed by atoms with Crippen LogP contribution in [0.1, 0.15) is 6.42 Å². The standard InChI is InChI=1S/C14H15N3O5S/c1-17-13(14(19)22-16-17)23-7-4-12(18)15-9-2-3-10-11(8-9)21-6-5-20-10/h2-3,8H,4-7H2,1H3,(H-,15,16,18,19)/p+1. The van der Waals surface area contributed by atoms with E-state index in [2.05, 4.69) is 15.1 Å². The largest absolute Gasteiger partial charge is 0.486 e. The molecule has 0 atom stereocenters. The van der Waals surface area contributed by atoms with Gasteiger partial charge in [0.15, 0.2) is 18.5 Å². The minimum atomic E-state index is -0.440. The lowest BCUT2D eigenvalue weighted by Gasteiger charge is -2.18. The molecule has 0 radical (unpaired) electrons. The fourth-order valence-electron chi connectivity index (χ4n) is 2.07. The number of H-pyrrole nitrogens is 1. The molecule has 9 heteroatoms. The predicted molar refractivity (Wildman–Crippen MR) is 81.9 cm³/mol. The number of benzene rings is 1. The number of hydrogen-bond acceptors (Lipinski definition) is 6. The summed E-state index contributed by atoms with van der Waals surface area (Å²) in [4.78, 5) is 23.3. The molecule has 0 bridgehead atoms. The molecule has 0 spiro atoms. The summed E-state index contributed by atoms with van der Waals surface area (Å²) in [6.07, 6.45) is 0.268. The van der Waals surface area contributed by atoms with Crippen molar-refractivity contribution in [3.63, 3.8) is 0 Å². The Bertz CT molecular complexity index is 770. The van der Waals surface area contributed by atoms with Gasteiger partial charge in [0.2, 0.25) is 5.91 Å². The number of anilines is 1. The van der Waals surface area contributed by atoms with Gasteiger partial charge in [-0.25, -0.2) is 4.79 Å². The molecule has 1 aromatic carbocycles. The molecule has 0 saturated carbocycles. The number of thioether (sulfide) groups is 1. The molecule has 23 heavy (non-hydrogen) atoms. The molecular weight excluding hydrogens is 322 g/mol. The Labute approximate surface area is 135 Å². The number of carbonyl (C=O) groups excluding carboxylic acids is 1. The first-order valence-electron chi connectivity index (χ1n) is 7.03. The summed E-state index contributed by atoms with van der Waals surface area (Å²) in [5.74, 6) is 1.63. The Morgan fingerprint density at radius 2 is 2.13 bits per heavy atom. The van der Waals surface area contributed by atoms with Gasteiger partial charge in [0.25, 0.3) is 0 Å². The number of nitrogens with zero attached hydrogens (tertiary/aromatic N) is 1. The van der Waals surface area contributed by atoms with Gasteiger partial charge < -0.3 is 14.8 Å². The van der Waals surface area contributed by atoms with Gasteiger partial charge in [0.05, 0.1) is 0 Å². The number of carbonyl (C=O) groups is 1. The lowest BCUT2D eigenvalue weighted by molar-refractivity contribution is -0.772. The maximum absolute atomic E-state index is 12.0. The van der Waals surface area contributed by atoms with E-state index >= 15 is 0 Å². The summed E-state index contributed by atoms with van der Waals surface area (Å²) in [5, 5.41) is 5.65. The third-order valence-corrected chi connectivity index (χ3v) is 4.27. The quantitative estimate of drug-likeness (QED) is 0.615. The summed E-state index contributed by atoms with van der Waals surface area (Å²) in [7, 11) is 1.67. The van der Waals surface area contributed by atoms with Gasteiger partial charge in [-0.3, -0.25) is 9.32 Å². The Kier molecular flexibility index (Phi) is 4.56. The summed E-state index contributed by atoms with van der Waals surface area (Å²) in [6, 6.07) is 5.27. The van der Waals surface area contributed by atoms with Crippen molar-refractivity contribution in [3.05, 3.63) is 28.6 Å². The number of fused-ring (bicyclic) bond motifs is 1. The van der Waals surface area contributed by atoms with Crippen molar-refractivity contribution in [1.82, 2.24) is 5.27 Å². The van der Waals surface area contributed by atoms with Crippen LogP contribution in [0.4, 0.5) is 5.69 Å². The molecule has 1 amide bonds. The van der Waals surface area contributed by atoms with Crippen LogP contribution in [0.15, 0.2) is 32.5 Å². The molecule has 122 valence electrons. The van der Waals surface area contributed by atoms with Gasteiger partial charge in [-0.15, -0.1) is 0 Å². The van der Waals surface area contributed by atoms with Crippen LogP contribution >= 0.6 is 11.8 Å². The molecular formula is C14H16N3O5S+. The molecule has 0 fully saturated rings. The van der Waals surface area contributed by atoms with E-state index < -0.39 is 5.63 Å². The van der Waals surface area contributed by atoms with Crippen LogP contribution in [-0.4, -0.2) is 30.1 Å². The molecule has 2 N–H and O–H groups in total. The SMILES string of the molecule is C[n+]1[nH]oc(=O)c1SCCC(=O)Nc1ccc2c(c1)OCCO2. The third-order valence-electron chi connectivity index (χ3n) is 3.15. The van der Waals surface area contributed by atoms with E-state index in [-0.39, 0.29) is 12.3 Å². The zero-order valence-corrected chi connectivity index (χ0v) is 13.3. The third kappa shape index (κ3) is 3.67. The second kappa shape index (κ2) is 6.78. The minimum Gasteiger partial charge on any atom is -0.486 e. The molecule has 3 rings (SSSR count). The van der Waals surface area contributed by atoms with Gasteiger partial charge in [0, 0.05) is 23.9 Å². The molecule has 2 aromatic rings. The lowest BCUT2D eigenvalue weighted by atomic mass is 10.2. The van der Waals surface area contributed by atoms with E-state index in [4.69, 9.17) is 9.47 Å². The number of ether oxygens (including phenoxy) is 2. The Balaban J connectivity index is 1.52. The number of nitrogens with one attached hydrogen (secondary N) is 2. The van der Waals surface area contributed by atoms with Gasteiger partial charge in [-0.1, -0.05) is 4.68 Å². The summed E-state index contributed by atoms with van der Waals surface area (Å²) >= 11 is 1.26. The average molecular weight is 338 g/mol. The van der Waals surface area contributed by atoms with Gasteiger partial charge in [-0.05, 0) is 29.2 Å². The van der Waals surface area contributed by atoms with E-state index in [0.29, 0.717) is 41.2 Å². The monoisotopic (exact) mass is 338 g/mol. The van der Waals surface area contributed by atoms with Crippen molar-refractivity contribution in [3.8, 4) is 11.5 Å². The number of aromatic amines is 1. The summed E-state index contributed by atoms with van der Waals surface area (Å²) < 4.78 is 17.0. The molecule has 1 aliphatic rings. The Morgan fingerprint density at radius 1 is 1.35 bits per heavy atom. The second-order valence-electron chi connectivity index (χ2n) is 4.85. The molecule has 0 saturated heterocycles. The maximum Gasteiger partial charge on any atom is 0.441 e. The van der Waals surface area contributed by atoms with E-state index in [0.717, 1.165) is 0 Å². The second-order valence-corrected chi connectivity index (χ2v) is 5.93. The van der Waals surface area contributed by atoms with E-state index in [1.807, 2.05) is 0 Å². The molecule has 1 aliphatic heterocycles. The smallest absolute Gasteiger partial charge is 0.441 e. The normalized spacial score (nSPS) is 12.9. The first-order chi connectivity index (χ1) is 11.1. The minimum absolute atomic E-state index is 0.142. The molecule has 2 heterocycles. The van der Waals surface area contributed by atoms with Crippen molar-refractivity contribution in [2.75, 3.05) is 24.3 Å². The van der Waals surface area contributed by atoms with Crippen LogP contribution in [-0.2, 0) is 11.8 Å². The lowest BCUT2D eigenvalue weighted by Crippen LogP contribution is -2.33. The number of amides is 1.